The van der Waals surface area contributed by atoms with Crippen LogP contribution in [0.3, 0.4) is 0 Å². The lowest BCUT2D eigenvalue weighted by Crippen LogP contribution is -2.04. The summed E-state index contributed by atoms with van der Waals surface area (Å²) in [6, 6.07) is 4.21. The second-order valence-corrected chi connectivity index (χ2v) is 3.88. The Hall–Kier alpha value is -1.58. The largest absolute Gasteiger partial charge is 0.493 e. The number of hydrogen-bond donors (Lipinski definition) is 1. The van der Waals surface area contributed by atoms with Crippen LogP contribution in [-0.2, 0) is 0 Å². The first kappa shape index (κ1) is 13.5. The number of ether oxygens (including phenoxy) is 1. The molecule has 0 spiro atoms. The summed E-state index contributed by atoms with van der Waals surface area (Å²) in [5.74, 6) is 0.182. The highest BCUT2D eigenvalue weighted by Gasteiger charge is 2.08. The van der Waals surface area contributed by atoms with Gasteiger partial charge in [0.1, 0.15) is 11.6 Å². The molecule has 0 bridgehead atoms. The van der Waals surface area contributed by atoms with Gasteiger partial charge in [-0.1, -0.05) is 24.9 Å². The summed E-state index contributed by atoms with van der Waals surface area (Å²) >= 11 is 0. The van der Waals surface area contributed by atoms with E-state index in [0.717, 1.165) is 19.3 Å². The molecule has 1 rings (SSSR count). The Bertz CT molecular complexity index is 391. The summed E-state index contributed by atoms with van der Waals surface area (Å²) in [5, 5.41) is 11.8. The molecule has 1 aromatic carbocycles. The third kappa shape index (κ3) is 4.06. The molecule has 3 nitrogen and oxygen atoms in total. The fraction of sp³-hybridized carbons (Fsp3) is 0.462. The second kappa shape index (κ2) is 6.89. The van der Waals surface area contributed by atoms with Crippen LogP contribution in [0.1, 0.15) is 38.7 Å². The average Bonchev–Trinajstić information content (AvgIpc) is 2.35. The minimum absolute atomic E-state index is 0.343. The van der Waals surface area contributed by atoms with Crippen LogP contribution in [0, 0.1) is 5.82 Å². The van der Waals surface area contributed by atoms with E-state index >= 15 is 0 Å². The van der Waals surface area contributed by atoms with Crippen molar-refractivity contribution < 1.29 is 14.3 Å². The monoisotopic (exact) mass is 239 g/mol. The molecule has 1 N–H and O–H groups in total. The maximum Gasteiger partial charge on any atom is 0.128 e. The number of hydrogen-bond acceptors (Lipinski definition) is 3. The Kier molecular flexibility index (Phi) is 5.46. The second-order valence-electron chi connectivity index (χ2n) is 3.88. The van der Waals surface area contributed by atoms with E-state index in [-0.39, 0.29) is 5.82 Å². The standard InChI is InChI=1S/C13H18FNO2/c1-3-4-5-8-17-13-7-6-11(14)9-12(13)10(2)15-16/h6-7,9,16H,3-5,8H2,1-2H3. The van der Waals surface area contributed by atoms with Crippen molar-refractivity contribution in [1.29, 1.82) is 0 Å². The molecule has 1 aromatic rings. The predicted molar refractivity (Wildman–Crippen MR) is 65.4 cm³/mol. The molecule has 17 heavy (non-hydrogen) atoms. The maximum absolute atomic E-state index is 13.1. The molecule has 94 valence electrons. The number of nitrogens with zero attached hydrogens (tertiary/aromatic N) is 1. The van der Waals surface area contributed by atoms with Crippen LogP contribution in [0.15, 0.2) is 23.4 Å². The molecule has 0 fully saturated rings. The molecule has 0 saturated heterocycles. The molecule has 0 radical (unpaired) electrons. The first-order valence-electron chi connectivity index (χ1n) is 5.80. The van der Waals surface area contributed by atoms with Gasteiger partial charge in [-0.2, -0.15) is 0 Å². The number of halogens is 1. The van der Waals surface area contributed by atoms with E-state index in [0.29, 0.717) is 23.6 Å². The van der Waals surface area contributed by atoms with E-state index in [2.05, 4.69) is 12.1 Å². The van der Waals surface area contributed by atoms with Gasteiger partial charge in [0, 0.05) is 5.56 Å². The third-order valence-electron chi connectivity index (χ3n) is 2.49. The molecule has 0 atom stereocenters. The Morgan fingerprint density at radius 1 is 1.41 bits per heavy atom. The molecule has 0 aliphatic carbocycles. The fourth-order valence-electron chi connectivity index (χ4n) is 1.50. The van der Waals surface area contributed by atoms with E-state index in [1.165, 1.54) is 12.1 Å². The van der Waals surface area contributed by atoms with Crippen molar-refractivity contribution in [2.24, 2.45) is 5.16 Å². The number of benzene rings is 1. The summed E-state index contributed by atoms with van der Waals surface area (Å²) in [6.45, 7) is 4.31. The van der Waals surface area contributed by atoms with Crippen molar-refractivity contribution in [3.05, 3.63) is 29.6 Å². The summed E-state index contributed by atoms with van der Waals surface area (Å²) in [7, 11) is 0. The van der Waals surface area contributed by atoms with Gasteiger partial charge < -0.3 is 9.94 Å². The molecule has 0 aliphatic heterocycles. The van der Waals surface area contributed by atoms with E-state index < -0.39 is 0 Å². The van der Waals surface area contributed by atoms with Crippen LogP contribution >= 0.6 is 0 Å². The molecular formula is C13H18FNO2. The molecule has 0 aromatic heterocycles. The van der Waals surface area contributed by atoms with Crippen LogP contribution in [0.2, 0.25) is 0 Å². The van der Waals surface area contributed by atoms with E-state index in [4.69, 9.17) is 9.94 Å². The highest BCUT2D eigenvalue weighted by molar-refractivity contribution is 6.00. The van der Waals surface area contributed by atoms with Gasteiger partial charge in [-0.3, -0.25) is 0 Å². The van der Waals surface area contributed by atoms with Crippen molar-refractivity contribution >= 4 is 5.71 Å². The molecule has 4 heteroatoms. The first-order chi connectivity index (χ1) is 8.19. The van der Waals surface area contributed by atoms with E-state index in [1.54, 1.807) is 13.0 Å². The van der Waals surface area contributed by atoms with Gasteiger partial charge in [-0.15, -0.1) is 0 Å². The first-order valence-corrected chi connectivity index (χ1v) is 5.80. The predicted octanol–water partition coefficient (Wildman–Crippen LogP) is 3.59. The zero-order chi connectivity index (χ0) is 12.7. The smallest absolute Gasteiger partial charge is 0.128 e. The minimum atomic E-state index is -0.371. The van der Waals surface area contributed by atoms with Crippen molar-refractivity contribution in [2.45, 2.75) is 33.1 Å². The summed E-state index contributed by atoms with van der Waals surface area (Å²) in [6.07, 6.45) is 3.18. The average molecular weight is 239 g/mol. The van der Waals surface area contributed by atoms with Gasteiger partial charge in [0.25, 0.3) is 0 Å². The SMILES string of the molecule is CCCCCOc1ccc(F)cc1C(C)=NO. The summed E-state index contributed by atoms with van der Waals surface area (Å²) in [4.78, 5) is 0. The Morgan fingerprint density at radius 2 is 2.18 bits per heavy atom. The van der Waals surface area contributed by atoms with Crippen molar-refractivity contribution in [1.82, 2.24) is 0 Å². The minimum Gasteiger partial charge on any atom is -0.493 e. The number of oxime groups is 1. The Labute approximate surface area is 101 Å². The Morgan fingerprint density at radius 3 is 2.82 bits per heavy atom. The summed E-state index contributed by atoms with van der Waals surface area (Å²) < 4.78 is 18.7. The quantitative estimate of drug-likeness (QED) is 0.357. The maximum atomic E-state index is 13.1. The van der Waals surface area contributed by atoms with Gasteiger partial charge in [0.05, 0.1) is 12.3 Å². The molecule has 0 saturated carbocycles. The van der Waals surface area contributed by atoms with Gasteiger partial charge in [0.15, 0.2) is 0 Å². The van der Waals surface area contributed by atoms with Crippen LogP contribution in [0.5, 0.6) is 5.75 Å². The highest BCUT2D eigenvalue weighted by atomic mass is 19.1. The molecular weight excluding hydrogens is 221 g/mol. The van der Waals surface area contributed by atoms with Crippen molar-refractivity contribution in [2.75, 3.05) is 6.61 Å². The molecule has 0 amide bonds. The van der Waals surface area contributed by atoms with E-state index in [9.17, 15) is 4.39 Å². The zero-order valence-corrected chi connectivity index (χ0v) is 10.2. The fourth-order valence-corrected chi connectivity index (χ4v) is 1.50. The molecule has 0 aliphatic rings. The van der Waals surface area contributed by atoms with Gasteiger partial charge >= 0.3 is 0 Å². The van der Waals surface area contributed by atoms with Crippen molar-refractivity contribution in [3.8, 4) is 5.75 Å². The van der Waals surface area contributed by atoms with Gasteiger partial charge in [-0.25, -0.2) is 4.39 Å². The lowest BCUT2D eigenvalue weighted by atomic mass is 10.1. The molecule has 0 unspecified atom stereocenters. The lowest BCUT2D eigenvalue weighted by molar-refractivity contribution is 0.303. The molecule has 0 heterocycles. The van der Waals surface area contributed by atoms with Crippen LogP contribution in [0.4, 0.5) is 4.39 Å². The summed E-state index contributed by atoms with van der Waals surface area (Å²) in [5.41, 5.74) is 0.832. The third-order valence-corrected chi connectivity index (χ3v) is 2.49. The van der Waals surface area contributed by atoms with Crippen LogP contribution < -0.4 is 4.74 Å². The zero-order valence-electron chi connectivity index (χ0n) is 10.2. The number of unbranched alkanes of at least 4 members (excludes halogenated alkanes) is 2. The van der Waals surface area contributed by atoms with Crippen LogP contribution in [0.25, 0.3) is 0 Å². The normalized spacial score (nSPS) is 11.6. The number of rotatable bonds is 6. The van der Waals surface area contributed by atoms with Crippen LogP contribution in [-0.4, -0.2) is 17.5 Å². The lowest BCUT2D eigenvalue weighted by Gasteiger charge is -2.10. The van der Waals surface area contributed by atoms with Gasteiger partial charge in [-0.05, 0) is 31.5 Å². The van der Waals surface area contributed by atoms with Crippen molar-refractivity contribution in [3.63, 3.8) is 0 Å². The van der Waals surface area contributed by atoms with Gasteiger partial charge in [0.2, 0.25) is 0 Å². The topological polar surface area (TPSA) is 41.8 Å². The highest BCUT2D eigenvalue weighted by Crippen LogP contribution is 2.21. The van der Waals surface area contributed by atoms with E-state index in [1.807, 2.05) is 0 Å². The Balaban J connectivity index is 2.76.